The van der Waals surface area contributed by atoms with Crippen LogP contribution in [-0.2, 0) is 28.6 Å². The third-order valence-electron chi connectivity index (χ3n) is 8.54. The molecule has 0 aliphatic carbocycles. The summed E-state index contributed by atoms with van der Waals surface area (Å²) in [5, 5.41) is 0. The largest absolute Gasteiger partial charge is 0.462 e. The molecule has 0 heterocycles. The molecular formula is C39H74O6. The summed E-state index contributed by atoms with van der Waals surface area (Å²) >= 11 is 0. The maximum atomic E-state index is 12.4. The molecule has 0 aliphatic heterocycles. The van der Waals surface area contributed by atoms with Crippen molar-refractivity contribution in [3.05, 3.63) is 0 Å². The molecule has 0 saturated heterocycles. The van der Waals surface area contributed by atoms with Gasteiger partial charge in [-0.1, -0.05) is 169 Å². The van der Waals surface area contributed by atoms with Gasteiger partial charge in [0.05, 0.1) is 0 Å². The Hall–Kier alpha value is -1.59. The maximum absolute atomic E-state index is 12.4. The van der Waals surface area contributed by atoms with Crippen molar-refractivity contribution in [1.82, 2.24) is 0 Å². The van der Waals surface area contributed by atoms with E-state index in [1.165, 1.54) is 89.9 Å². The molecule has 0 N–H and O–H groups in total. The highest BCUT2D eigenvalue weighted by atomic mass is 16.6. The lowest BCUT2D eigenvalue weighted by atomic mass is 10.0. The van der Waals surface area contributed by atoms with Crippen LogP contribution in [0.2, 0.25) is 0 Å². The van der Waals surface area contributed by atoms with E-state index >= 15 is 0 Å². The monoisotopic (exact) mass is 639 g/mol. The van der Waals surface area contributed by atoms with Gasteiger partial charge in [-0.15, -0.1) is 0 Å². The molecule has 0 fully saturated rings. The first-order valence-electron chi connectivity index (χ1n) is 19.4. The van der Waals surface area contributed by atoms with Gasteiger partial charge in [-0.2, -0.15) is 0 Å². The Morgan fingerprint density at radius 2 is 0.733 bits per heavy atom. The fourth-order valence-electron chi connectivity index (χ4n) is 5.57. The van der Waals surface area contributed by atoms with Crippen molar-refractivity contribution in [3.8, 4) is 0 Å². The molecular weight excluding hydrogens is 564 g/mol. The molecule has 0 saturated carbocycles. The van der Waals surface area contributed by atoms with E-state index in [2.05, 4.69) is 27.7 Å². The minimum atomic E-state index is -0.754. The van der Waals surface area contributed by atoms with Crippen LogP contribution in [0.3, 0.4) is 0 Å². The second kappa shape index (κ2) is 33.8. The van der Waals surface area contributed by atoms with Gasteiger partial charge in [0.15, 0.2) is 6.10 Å². The molecule has 6 heteroatoms. The van der Waals surface area contributed by atoms with Crippen molar-refractivity contribution in [1.29, 1.82) is 0 Å². The van der Waals surface area contributed by atoms with E-state index in [4.69, 9.17) is 14.2 Å². The predicted molar refractivity (Wildman–Crippen MR) is 187 cm³/mol. The molecule has 45 heavy (non-hydrogen) atoms. The molecule has 0 aromatic carbocycles. The van der Waals surface area contributed by atoms with Crippen molar-refractivity contribution >= 4 is 17.9 Å². The summed E-state index contributed by atoms with van der Waals surface area (Å²) in [6.45, 7) is 8.81. The average Bonchev–Trinajstić information content (AvgIpc) is 3.01. The van der Waals surface area contributed by atoms with Crippen molar-refractivity contribution in [3.63, 3.8) is 0 Å². The van der Waals surface area contributed by atoms with Gasteiger partial charge in [0.25, 0.3) is 0 Å². The highest BCUT2D eigenvalue weighted by Crippen LogP contribution is 2.15. The fourth-order valence-corrected chi connectivity index (χ4v) is 5.57. The molecule has 0 aromatic heterocycles. The molecule has 0 unspecified atom stereocenters. The third-order valence-corrected chi connectivity index (χ3v) is 8.54. The first-order chi connectivity index (χ1) is 21.9. The van der Waals surface area contributed by atoms with Gasteiger partial charge in [-0.3, -0.25) is 14.4 Å². The smallest absolute Gasteiger partial charge is 0.306 e. The molecule has 266 valence electrons. The van der Waals surface area contributed by atoms with E-state index in [9.17, 15) is 14.4 Å². The number of unbranched alkanes of at least 4 members (excludes halogenated alkanes) is 21. The zero-order valence-electron chi connectivity index (χ0n) is 30.3. The van der Waals surface area contributed by atoms with Gasteiger partial charge in [-0.25, -0.2) is 0 Å². The Kier molecular flexibility index (Phi) is 32.6. The van der Waals surface area contributed by atoms with Crippen molar-refractivity contribution < 1.29 is 28.6 Å². The first kappa shape index (κ1) is 43.4. The topological polar surface area (TPSA) is 78.9 Å². The standard InChI is InChI=1S/C39H74O6/c1-5-7-9-21-26-30-37(40)43-33-36(45-39(42)32-28-22-10-8-6-2)34-44-38(41)31-27-24-20-18-16-14-12-11-13-15-17-19-23-25-29-35(3)4/h35-36H,5-34H2,1-4H3/t36-/m1/s1. The highest BCUT2D eigenvalue weighted by molar-refractivity contribution is 5.71. The Bertz CT molecular complexity index is 676. The molecule has 0 spiro atoms. The number of carbonyl (C=O) groups excluding carboxylic acids is 3. The Labute approximate surface area is 278 Å². The lowest BCUT2D eigenvalue weighted by molar-refractivity contribution is -0.167. The van der Waals surface area contributed by atoms with Gasteiger partial charge in [-0.05, 0) is 25.2 Å². The lowest BCUT2D eigenvalue weighted by Gasteiger charge is -2.18. The van der Waals surface area contributed by atoms with Crippen LogP contribution in [-0.4, -0.2) is 37.2 Å². The molecule has 0 amide bonds. The van der Waals surface area contributed by atoms with Gasteiger partial charge in [0.1, 0.15) is 13.2 Å². The number of rotatable bonds is 34. The summed E-state index contributed by atoms with van der Waals surface area (Å²) in [6, 6.07) is 0. The summed E-state index contributed by atoms with van der Waals surface area (Å²) in [6.07, 6.45) is 30.1. The molecule has 1 atom stereocenters. The van der Waals surface area contributed by atoms with Crippen LogP contribution in [0.4, 0.5) is 0 Å². The minimum Gasteiger partial charge on any atom is -0.462 e. The van der Waals surface area contributed by atoms with Crippen LogP contribution in [0.1, 0.15) is 207 Å². The molecule has 6 nitrogen and oxygen atoms in total. The van der Waals surface area contributed by atoms with Crippen molar-refractivity contribution in [2.75, 3.05) is 13.2 Å². The quantitative estimate of drug-likeness (QED) is 0.0396. The molecule has 0 rings (SSSR count). The summed E-state index contributed by atoms with van der Waals surface area (Å²) in [7, 11) is 0. The van der Waals surface area contributed by atoms with Crippen LogP contribution in [0.15, 0.2) is 0 Å². The van der Waals surface area contributed by atoms with Gasteiger partial charge in [0, 0.05) is 19.3 Å². The third kappa shape index (κ3) is 33.6. The summed E-state index contributed by atoms with van der Waals surface area (Å²) < 4.78 is 16.4. The molecule has 0 bridgehead atoms. The van der Waals surface area contributed by atoms with E-state index in [1.807, 2.05) is 0 Å². The van der Waals surface area contributed by atoms with E-state index in [-0.39, 0.29) is 31.1 Å². The SMILES string of the molecule is CCCCCCCC(=O)OC[C@H](COC(=O)CCCCCCCCCCCCCCCCC(C)C)OC(=O)CCCCCCC. The zero-order valence-corrected chi connectivity index (χ0v) is 30.3. The van der Waals surface area contributed by atoms with E-state index < -0.39 is 6.10 Å². The van der Waals surface area contributed by atoms with Crippen LogP contribution in [0.5, 0.6) is 0 Å². The van der Waals surface area contributed by atoms with Crippen LogP contribution in [0, 0.1) is 5.92 Å². The highest BCUT2D eigenvalue weighted by Gasteiger charge is 2.19. The van der Waals surface area contributed by atoms with Gasteiger partial charge in [0.2, 0.25) is 0 Å². The lowest BCUT2D eigenvalue weighted by Crippen LogP contribution is -2.30. The molecule has 0 aromatic rings. The summed E-state index contributed by atoms with van der Waals surface area (Å²) in [5.74, 6) is -0.0480. The number of hydrogen-bond acceptors (Lipinski definition) is 6. The van der Waals surface area contributed by atoms with E-state index in [0.29, 0.717) is 19.3 Å². The van der Waals surface area contributed by atoms with Crippen molar-refractivity contribution in [2.24, 2.45) is 5.92 Å². The van der Waals surface area contributed by atoms with Crippen molar-refractivity contribution in [2.45, 2.75) is 214 Å². The fraction of sp³-hybridized carbons (Fsp3) is 0.923. The van der Waals surface area contributed by atoms with E-state index in [0.717, 1.165) is 76.5 Å². The molecule has 0 radical (unpaired) electrons. The average molecular weight is 639 g/mol. The number of ether oxygens (including phenoxy) is 3. The normalized spacial score (nSPS) is 11.9. The van der Waals surface area contributed by atoms with Gasteiger partial charge < -0.3 is 14.2 Å². The number of hydrogen-bond donors (Lipinski definition) is 0. The van der Waals surface area contributed by atoms with Crippen LogP contribution in [0.25, 0.3) is 0 Å². The van der Waals surface area contributed by atoms with E-state index in [1.54, 1.807) is 0 Å². The Morgan fingerprint density at radius 3 is 1.09 bits per heavy atom. The number of carbonyl (C=O) groups is 3. The first-order valence-corrected chi connectivity index (χ1v) is 19.4. The zero-order chi connectivity index (χ0) is 33.2. The predicted octanol–water partition coefficient (Wildman–Crippen LogP) is 11.6. The second-order valence-corrected chi connectivity index (χ2v) is 13.7. The maximum Gasteiger partial charge on any atom is 0.306 e. The second-order valence-electron chi connectivity index (χ2n) is 13.7. The summed E-state index contributed by atoms with van der Waals surface area (Å²) in [4.78, 5) is 36.9. The van der Waals surface area contributed by atoms with Gasteiger partial charge >= 0.3 is 17.9 Å². The minimum absolute atomic E-state index is 0.0671. The Morgan fingerprint density at radius 1 is 0.422 bits per heavy atom. The summed E-state index contributed by atoms with van der Waals surface area (Å²) in [5.41, 5.74) is 0. The van der Waals surface area contributed by atoms with Crippen LogP contribution < -0.4 is 0 Å². The number of esters is 3. The Balaban J connectivity index is 4.04. The van der Waals surface area contributed by atoms with Crippen LogP contribution >= 0.6 is 0 Å². The molecule has 0 aliphatic rings.